The molecule has 0 unspecified atom stereocenters. The normalized spacial score (nSPS) is 10.4. The van der Waals surface area contributed by atoms with Gasteiger partial charge >= 0.3 is 11.9 Å². The number of benzene rings is 1. The van der Waals surface area contributed by atoms with Gasteiger partial charge in [0, 0.05) is 18.7 Å². The van der Waals surface area contributed by atoms with Gasteiger partial charge in [0.25, 0.3) is 0 Å². The predicted molar refractivity (Wildman–Crippen MR) is 77.5 cm³/mol. The molecule has 0 aliphatic carbocycles. The molecule has 0 bridgehead atoms. The van der Waals surface area contributed by atoms with E-state index >= 15 is 0 Å². The largest absolute Gasteiger partial charge is 0.481 e. The van der Waals surface area contributed by atoms with Crippen LogP contribution in [0.25, 0.3) is 0 Å². The third-order valence-corrected chi connectivity index (χ3v) is 2.84. The standard InChI is InChI=1S/C15H19NO5/c1-10(2)8-13(17)16(7-6-14(18)19)12-5-3-4-11(9-12)15(20)21/h3-5,9-10H,6-8H2,1-2H3,(H,18,19)(H,20,21). The fraction of sp³-hybridized carbons (Fsp3) is 0.400. The van der Waals surface area contributed by atoms with E-state index in [-0.39, 0.29) is 36.8 Å². The summed E-state index contributed by atoms with van der Waals surface area (Å²) in [5, 5.41) is 17.8. The molecule has 1 rings (SSSR count). The number of anilines is 1. The zero-order valence-electron chi connectivity index (χ0n) is 12.1. The second-order valence-corrected chi connectivity index (χ2v) is 5.14. The predicted octanol–water partition coefficient (Wildman–Crippen LogP) is 2.24. The molecule has 0 fully saturated rings. The quantitative estimate of drug-likeness (QED) is 0.804. The first-order chi connectivity index (χ1) is 9.81. The van der Waals surface area contributed by atoms with Crippen molar-refractivity contribution in [2.75, 3.05) is 11.4 Å². The lowest BCUT2D eigenvalue weighted by Crippen LogP contribution is -2.33. The molecule has 0 saturated heterocycles. The van der Waals surface area contributed by atoms with E-state index in [1.807, 2.05) is 13.8 Å². The van der Waals surface area contributed by atoms with E-state index < -0.39 is 11.9 Å². The molecule has 21 heavy (non-hydrogen) atoms. The number of aliphatic carboxylic acids is 1. The van der Waals surface area contributed by atoms with E-state index in [4.69, 9.17) is 10.2 Å². The molecule has 0 aliphatic rings. The van der Waals surface area contributed by atoms with Gasteiger partial charge in [-0.05, 0) is 24.1 Å². The Morgan fingerprint density at radius 2 is 1.86 bits per heavy atom. The Morgan fingerprint density at radius 1 is 1.19 bits per heavy atom. The highest BCUT2D eigenvalue weighted by Crippen LogP contribution is 2.19. The van der Waals surface area contributed by atoms with Crippen molar-refractivity contribution < 1.29 is 24.6 Å². The van der Waals surface area contributed by atoms with Gasteiger partial charge in [0.2, 0.25) is 5.91 Å². The van der Waals surface area contributed by atoms with Gasteiger partial charge in [-0.2, -0.15) is 0 Å². The highest BCUT2D eigenvalue weighted by Gasteiger charge is 2.19. The number of nitrogens with zero attached hydrogens (tertiary/aromatic N) is 1. The van der Waals surface area contributed by atoms with E-state index in [1.165, 1.54) is 23.1 Å². The Kier molecular flexibility index (Phi) is 5.90. The third kappa shape index (κ3) is 5.25. The fourth-order valence-corrected chi connectivity index (χ4v) is 1.87. The van der Waals surface area contributed by atoms with E-state index in [2.05, 4.69) is 0 Å². The molecule has 1 aromatic carbocycles. The molecule has 0 atom stereocenters. The lowest BCUT2D eigenvalue weighted by atomic mass is 10.1. The number of carboxylic acid groups (broad SMARTS) is 2. The van der Waals surface area contributed by atoms with Crippen LogP contribution in [0.4, 0.5) is 5.69 Å². The summed E-state index contributed by atoms with van der Waals surface area (Å²) in [6.45, 7) is 3.80. The van der Waals surface area contributed by atoms with Gasteiger partial charge in [-0.1, -0.05) is 19.9 Å². The Morgan fingerprint density at radius 3 is 2.38 bits per heavy atom. The van der Waals surface area contributed by atoms with Gasteiger partial charge in [0.05, 0.1) is 12.0 Å². The summed E-state index contributed by atoms with van der Waals surface area (Å²) >= 11 is 0. The SMILES string of the molecule is CC(C)CC(=O)N(CCC(=O)O)c1cccc(C(=O)O)c1. The summed E-state index contributed by atoms with van der Waals surface area (Å²) in [7, 11) is 0. The van der Waals surface area contributed by atoms with Crippen molar-refractivity contribution in [3.63, 3.8) is 0 Å². The molecule has 6 heteroatoms. The van der Waals surface area contributed by atoms with Crippen molar-refractivity contribution in [2.45, 2.75) is 26.7 Å². The molecule has 0 aliphatic heterocycles. The summed E-state index contributed by atoms with van der Waals surface area (Å²) in [4.78, 5) is 35.3. The fourth-order valence-electron chi connectivity index (χ4n) is 1.87. The average molecular weight is 293 g/mol. The average Bonchev–Trinajstić information content (AvgIpc) is 2.38. The first-order valence-corrected chi connectivity index (χ1v) is 6.66. The van der Waals surface area contributed by atoms with Crippen molar-refractivity contribution in [2.24, 2.45) is 5.92 Å². The number of rotatable bonds is 7. The maximum absolute atomic E-state index is 12.2. The van der Waals surface area contributed by atoms with Gasteiger partial charge < -0.3 is 15.1 Å². The number of hydrogen-bond acceptors (Lipinski definition) is 3. The maximum atomic E-state index is 12.2. The van der Waals surface area contributed by atoms with Gasteiger partial charge in [0.15, 0.2) is 0 Å². The van der Waals surface area contributed by atoms with Crippen LogP contribution in [0.3, 0.4) is 0 Å². The van der Waals surface area contributed by atoms with Crippen LogP contribution in [-0.2, 0) is 9.59 Å². The zero-order chi connectivity index (χ0) is 16.0. The molecule has 0 saturated carbocycles. The Hall–Kier alpha value is -2.37. The van der Waals surface area contributed by atoms with E-state index in [0.29, 0.717) is 5.69 Å². The zero-order valence-corrected chi connectivity index (χ0v) is 12.1. The number of amides is 1. The summed E-state index contributed by atoms with van der Waals surface area (Å²) in [6.07, 6.45) is 0.0814. The first kappa shape index (κ1) is 16.7. The van der Waals surface area contributed by atoms with Crippen LogP contribution in [0.2, 0.25) is 0 Å². The number of carboxylic acids is 2. The minimum Gasteiger partial charge on any atom is -0.481 e. The van der Waals surface area contributed by atoms with Crippen LogP contribution in [0.1, 0.15) is 37.0 Å². The molecule has 0 spiro atoms. The van der Waals surface area contributed by atoms with Crippen LogP contribution in [0.15, 0.2) is 24.3 Å². The lowest BCUT2D eigenvalue weighted by Gasteiger charge is -2.23. The highest BCUT2D eigenvalue weighted by molar-refractivity contribution is 5.96. The third-order valence-electron chi connectivity index (χ3n) is 2.84. The monoisotopic (exact) mass is 293 g/mol. The van der Waals surface area contributed by atoms with Crippen LogP contribution < -0.4 is 4.90 Å². The van der Waals surface area contributed by atoms with Crippen molar-refractivity contribution in [3.05, 3.63) is 29.8 Å². The van der Waals surface area contributed by atoms with Gasteiger partial charge in [-0.3, -0.25) is 9.59 Å². The minimum atomic E-state index is -1.09. The Labute approximate surface area is 123 Å². The van der Waals surface area contributed by atoms with Crippen molar-refractivity contribution in [3.8, 4) is 0 Å². The van der Waals surface area contributed by atoms with Crippen molar-refractivity contribution >= 4 is 23.5 Å². The van der Waals surface area contributed by atoms with Crippen LogP contribution in [0, 0.1) is 5.92 Å². The summed E-state index contributed by atoms with van der Waals surface area (Å²) in [5.74, 6) is -2.18. The number of carbonyl (C=O) groups is 3. The topological polar surface area (TPSA) is 94.9 Å². The van der Waals surface area contributed by atoms with Gasteiger partial charge in [-0.25, -0.2) is 4.79 Å². The molecule has 1 amide bonds. The van der Waals surface area contributed by atoms with Gasteiger partial charge in [0.1, 0.15) is 0 Å². The molecular weight excluding hydrogens is 274 g/mol. The number of carbonyl (C=O) groups excluding carboxylic acids is 1. The van der Waals surface area contributed by atoms with E-state index in [1.54, 1.807) is 6.07 Å². The van der Waals surface area contributed by atoms with E-state index in [0.717, 1.165) is 0 Å². The smallest absolute Gasteiger partial charge is 0.335 e. The molecule has 0 heterocycles. The maximum Gasteiger partial charge on any atom is 0.335 e. The molecule has 6 nitrogen and oxygen atoms in total. The lowest BCUT2D eigenvalue weighted by molar-refractivity contribution is -0.136. The first-order valence-electron chi connectivity index (χ1n) is 6.66. The summed E-state index contributed by atoms with van der Waals surface area (Å²) in [6, 6.07) is 5.94. The molecule has 0 radical (unpaired) electrons. The number of aromatic carboxylic acids is 1. The molecular formula is C15H19NO5. The van der Waals surface area contributed by atoms with Gasteiger partial charge in [-0.15, -0.1) is 0 Å². The van der Waals surface area contributed by atoms with Crippen LogP contribution in [-0.4, -0.2) is 34.6 Å². The molecule has 0 aromatic heterocycles. The molecule has 1 aromatic rings. The Balaban J connectivity index is 3.04. The van der Waals surface area contributed by atoms with E-state index in [9.17, 15) is 14.4 Å². The minimum absolute atomic E-state index is 0.0178. The number of hydrogen-bond donors (Lipinski definition) is 2. The van der Waals surface area contributed by atoms with Crippen molar-refractivity contribution in [1.82, 2.24) is 0 Å². The van der Waals surface area contributed by atoms with Crippen LogP contribution >= 0.6 is 0 Å². The highest BCUT2D eigenvalue weighted by atomic mass is 16.4. The second-order valence-electron chi connectivity index (χ2n) is 5.14. The Bertz CT molecular complexity index is 539. The van der Waals surface area contributed by atoms with Crippen molar-refractivity contribution in [1.29, 1.82) is 0 Å². The molecule has 2 N–H and O–H groups in total. The summed E-state index contributed by atoms with van der Waals surface area (Å²) < 4.78 is 0. The molecule has 114 valence electrons. The van der Waals surface area contributed by atoms with Crippen LogP contribution in [0.5, 0.6) is 0 Å². The second kappa shape index (κ2) is 7.42. The summed E-state index contributed by atoms with van der Waals surface area (Å²) in [5.41, 5.74) is 0.465.